The number of carbonyl (C=O) groups excluding carboxylic acids is 1. The van der Waals surface area contributed by atoms with Crippen LogP contribution in [0.15, 0.2) is 24.3 Å². The smallest absolute Gasteiger partial charge is 0.315 e. The SMILES string of the molecule is O=C(NC1CCN(c2cccc(F)c2)CC1)NC1CCCCC1CO. The van der Waals surface area contributed by atoms with Crippen LogP contribution < -0.4 is 15.5 Å². The lowest BCUT2D eigenvalue weighted by atomic mass is 9.85. The lowest BCUT2D eigenvalue weighted by Crippen LogP contribution is -2.52. The fraction of sp³-hybridized carbons (Fsp3) is 0.632. The zero-order valence-electron chi connectivity index (χ0n) is 14.6. The van der Waals surface area contributed by atoms with Crippen LogP contribution in [0.3, 0.4) is 0 Å². The second-order valence-electron chi connectivity index (χ2n) is 7.19. The Morgan fingerprint density at radius 2 is 1.92 bits per heavy atom. The first kappa shape index (κ1) is 18.0. The molecule has 138 valence electrons. The molecule has 2 fully saturated rings. The number of piperidine rings is 1. The van der Waals surface area contributed by atoms with E-state index in [1.165, 1.54) is 6.07 Å². The minimum atomic E-state index is -0.219. The Hall–Kier alpha value is -1.82. The summed E-state index contributed by atoms with van der Waals surface area (Å²) in [5.41, 5.74) is 0.899. The maximum absolute atomic E-state index is 13.3. The molecule has 2 amide bonds. The minimum Gasteiger partial charge on any atom is -0.396 e. The Labute approximate surface area is 148 Å². The topological polar surface area (TPSA) is 64.6 Å². The molecule has 0 aromatic heterocycles. The number of aliphatic hydroxyl groups is 1. The predicted octanol–water partition coefficient (Wildman–Crippen LogP) is 2.64. The molecule has 0 bridgehead atoms. The highest BCUT2D eigenvalue weighted by Crippen LogP contribution is 2.24. The van der Waals surface area contributed by atoms with Crippen LogP contribution in [0.1, 0.15) is 38.5 Å². The summed E-state index contributed by atoms with van der Waals surface area (Å²) in [5, 5.41) is 15.6. The number of urea groups is 1. The molecule has 1 saturated carbocycles. The summed E-state index contributed by atoms with van der Waals surface area (Å²) < 4.78 is 13.3. The molecule has 0 spiro atoms. The number of halogens is 1. The molecule has 1 heterocycles. The maximum Gasteiger partial charge on any atom is 0.315 e. The van der Waals surface area contributed by atoms with E-state index in [9.17, 15) is 14.3 Å². The van der Waals surface area contributed by atoms with Crippen molar-refractivity contribution < 1.29 is 14.3 Å². The molecule has 1 aromatic carbocycles. The summed E-state index contributed by atoms with van der Waals surface area (Å²) in [6.07, 6.45) is 5.84. The second-order valence-corrected chi connectivity index (χ2v) is 7.19. The molecule has 1 aromatic rings. The van der Waals surface area contributed by atoms with E-state index >= 15 is 0 Å². The Morgan fingerprint density at radius 1 is 1.16 bits per heavy atom. The molecular formula is C19H28FN3O2. The Kier molecular flexibility index (Phi) is 6.13. The van der Waals surface area contributed by atoms with Crippen LogP contribution in [-0.4, -0.2) is 42.9 Å². The van der Waals surface area contributed by atoms with Crippen LogP contribution in [0, 0.1) is 11.7 Å². The van der Waals surface area contributed by atoms with Crippen molar-refractivity contribution in [2.24, 2.45) is 5.92 Å². The van der Waals surface area contributed by atoms with Crippen molar-refractivity contribution in [2.75, 3.05) is 24.6 Å². The van der Waals surface area contributed by atoms with Crippen LogP contribution in [0.5, 0.6) is 0 Å². The van der Waals surface area contributed by atoms with Crippen molar-refractivity contribution in [3.8, 4) is 0 Å². The van der Waals surface area contributed by atoms with Crippen molar-refractivity contribution in [3.63, 3.8) is 0 Å². The summed E-state index contributed by atoms with van der Waals surface area (Å²) in [5.74, 6) is -0.0441. The Morgan fingerprint density at radius 3 is 2.64 bits per heavy atom. The quantitative estimate of drug-likeness (QED) is 0.783. The standard InChI is InChI=1S/C19H28FN3O2/c20-15-5-3-6-17(12-15)23-10-8-16(9-11-23)21-19(25)22-18-7-2-1-4-14(18)13-24/h3,5-6,12,14,16,18,24H,1-2,4,7-11,13H2,(H2,21,22,25). The van der Waals surface area contributed by atoms with Gasteiger partial charge in [0.1, 0.15) is 5.82 Å². The maximum atomic E-state index is 13.3. The zero-order valence-corrected chi connectivity index (χ0v) is 14.6. The van der Waals surface area contributed by atoms with Crippen LogP contribution in [0.25, 0.3) is 0 Å². The molecule has 6 heteroatoms. The summed E-state index contributed by atoms with van der Waals surface area (Å²) in [6, 6.07) is 6.74. The molecule has 25 heavy (non-hydrogen) atoms. The second kappa shape index (κ2) is 8.52. The van der Waals surface area contributed by atoms with Gasteiger partial charge in [0, 0.05) is 43.4 Å². The highest BCUT2D eigenvalue weighted by molar-refractivity contribution is 5.74. The van der Waals surface area contributed by atoms with Gasteiger partial charge in [-0.2, -0.15) is 0 Å². The lowest BCUT2D eigenvalue weighted by Gasteiger charge is -2.35. The van der Waals surface area contributed by atoms with Gasteiger partial charge >= 0.3 is 6.03 Å². The first-order chi connectivity index (χ1) is 12.2. The van der Waals surface area contributed by atoms with Gasteiger partial charge in [-0.05, 0) is 43.9 Å². The van der Waals surface area contributed by atoms with Crippen molar-refractivity contribution in [2.45, 2.75) is 50.6 Å². The number of anilines is 1. The average molecular weight is 349 g/mol. The van der Waals surface area contributed by atoms with E-state index < -0.39 is 0 Å². The van der Waals surface area contributed by atoms with Crippen molar-refractivity contribution >= 4 is 11.7 Å². The van der Waals surface area contributed by atoms with E-state index in [1.807, 2.05) is 6.07 Å². The van der Waals surface area contributed by atoms with E-state index in [4.69, 9.17) is 0 Å². The van der Waals surface area contributed by atoms with Gasteiger partial charge in [-0.3, -0.25) is 0 Å². The number of rotatable bonds is 4. The summed E-state index contributed by atoms with van der Waals surface area (Å²) >= 11 is 0. The summed E-state index contributed by atoms with van der Waals surface area (Å²) in [4.78, 5) is 14.4. The Balaban J connectivity index is 1.44. The molecule has 3 N–H and O–H groups in total. The molecule has 0 radical (unpaired) electrons. The van der Waals surface area contributed by atoms with Gasteiger partial charge in [0.05, 0.1) is 0 Å². The fourth-order valence-electron chi connectivity index (χ4n) is 3.97. The third kappa shape index (κ3) is 4.84. The minimum absolute atomic E-state index is 0.0751. The molecule has 2 unspecified atom stereocenters. The largest absolute Gasteiger partial charge is 0.396 e. The number of amides is 2. The molecule has 3 rings (SSSR count). The van der Waals surface area contributed by atoms with Gasteiger partial charge in [-0.1, -0.05) is 18.9 Å². The van der Waals surface area contributed by atoms with Gasteiger partial charge in [0.2, 0.25) is 0 Å². The summed E-state index contributed by atoms with van der Waals surface area (Å²) in [7, 11) is 0. The monoisotopic (exact) mass is 349 g/mol. The molecule has 2 aliphatic rings. The lowest BCUT2D eigenvalue weighted by molar-refractivity contribution is 0.153. The van der Waals surface area contributed by atoms with Gasteiger partial charge in [0.15, 0.2) is 0 Å². The van der Waals surface area contributed by atoms with Gasteiger partial charge in [0.25, 0.3) is 0 Å². The number of hydrogen-bond acceptors (Lipinski definition) is 3. The number of carbonyl (C=O) groups is 1. The number of hydrogen-bond donors (Lipinski definition) is 3. The van der Waals surface area contributed by atoms with E-state index in [0.717, 1.165) is 57.3 Å². The highest BCUT2D eigenvalue weighted by Gasteiger charge is 2.27. The van der Waals surface area contributed by atoms with Crippen molar-refractivity contribution in [1.29, 1.82) is 0 Å². The average Bonchev–Trinajstić information content (AvgIpc) is 2.63. The predicted molar refractivity (Wildman–Crippen MR) is 96.1 cm³/mol. The number of aliphatic hydroxyl groups excluding tert-OH is 1. The first-order valence-corrected chi connectivity index (χ1v) is 9.34. The van der Waals surface area contributed by atoms with E-state index in [1.54, 1.807) is 12.1 Å². The summed E-state index contributed by atoms with van der Waals surface area (Å²) in [6.45, 7) is 1.74. The fourth-order valence-corrected chi connectivity index (χ4v) is 3.97. The van der Waals surface area contributed by atoms with E-state index in [-0.39, 0.29) is 36.5 Å². The molecule has 1 aliphatic carbocycles. The highest BCUT2D eigenvalue weighted by atomic mass is 19.1. The van der Waals surface area contributed by atoms with Crippen LogP contribution in [0.4, 0.5) is 14.9 Å². The molecular weight excluding hydrogens is 321 g/mol. The van der Waals surface area contributed by atoms with Crippen molar-refractivity contribution in [1.82, 2.24) is 10.6 Å². The van der Waals surface area contributed by atoms with Crippen LogP contribution >= 0.6 is 0 Å². The van der Waals surface area contributed by atoms with E-state index in [2.05, 4.69) is 15.5 Å². The van der Waals surface area contributed by atoms with Crippen LogP contribution in [-0.2, 0) is 0 Å². The number of nitrogens with one attached hydrogen (secondary N) is 2. The third-order valence-corrected chi connectivity index (χ3v) is 5.46. The van der Waals surface area contributed by atoms with Crippen molar-refractivity contribution in [3.05, 3.63) is 30.1 Å². The molecule has 1 aliphatic heterocycles. The van der Waals surface area contributed by atoms with Gasteiger partial charge in [-0.15, -0.1) is 0 Å². The molecule has 5 nitrogen and oxygen atoms in total. The molecule has 2 atom stereocenters. The normalized spacial score (nSPS) is 24.8. The number of nitrogens with zero attached hydrogens (tertiary/aromatic N) is 1. The number of benzene rings is 1. The molecule has 1 saturated heterocycles. The first-order valence-electron chi connectivity index (χ1n) is 9.34. The zero-order chi connectivity index (χ0) is 17.6. The van der Waals surface area contributed by atoms with Crippen LogP contribution in [0.2, 0.25) is 0 Å². The Bertz CT molecular complexity index is 576. The van der Waals surface area contributed by atoms with E-state index in [0.29, 0.717) is 0 Å². The van der Waals surface area contributed by atoms with Gasteiger partial charge < -0.3 is 20.6 Å². The van der Waals surface area contributed by atoms with Gasteiger partial charge in [-0.25, -0.2) is 9.18 Å². The third-order valence-electron chi connectivity index (χ3n) is 5.46.